The van der Waals surface area contributed by atoms with Crippen LogP contribution in [0.25, 0.3) is 0 Å². The lowest BCUT2D eigenvalue weighted by molar-refractivity contribution is -0.145. The Morgan fingerprint density at radius 1 is 1.29 bits per heavy atom. The van der Waals surface area contributed by atoms with Crippen LogP contribution in [0.15, 0.2) is 24.3 Å². The van der Waals surface area contributed by atoms with Crippen LogP contribution in [-0.2, 0) is 11.0 Å². The van der Waals surface area contributed by atoms with Crippen LogP contribution in [-0.4, -0.2) is 17.7 Å². The zero-order valence-electron chi connectivity index (χ0n) is 11.4. The number of carboxylic acid groups (broad SMARTS) is 1. The molecule has 0 aromatic heterocycles. The van der Waals surface area contributed by atoms with Gasteiger partial charge in [-0.05, 0) is 31.0 Å². The topological polar surface area (TPSA) is 46.5 Å². The minimum absolute atomic E-state index is 0.125. The number of alkyl halides is 3. The van der Waals surface area contributed by atoms with Gasteiger partial charge in [-0.25, -0.2) is 0 Å². The molecule has 1 fully saturated rings. The predicted octanol–water partition coefficient (Wildman–Crippen LogP) is 3.98. The zero-order chi connectivity index (χ0) is 15.5. The molecule has 0 saturated heterocycles. The number of ether oxygens (including phenoxy) is 1. The summed E-state index contributed by atoms with van der Waals surface area (Å²) in [5.41, 5.74) is -0.765. The Hall–Kier alpha value is -1.72. The summed E-state index contributed by atoms with van der Waals surface area (Å²) in [5.74, 6) is -1.35. The summed E-state index contributed by atoms with van der Waals surface area (Å²) in [4.78, 5) is 11.2. The van der Waals surface area contributed by atoms with Gasteiger partial charge in [0.05, 0.1) is 18.1 Å². The first-order valence-corrected chi connectivity index (χ1v) is 6.91. The van der Waals surface area contributed by atoms with Crippen molar-refractivity contribution in [2.45, 2.75) is 31.9 Å². The summed E-state index contributed by atoms with van der Waals surface area (Å²) >= 11 is 0. The van der Waals surface area contributed by atoms with E-state index in [1.807, 2.05) is 0 Å². The summed E-state index contributed by atoms with van der Waals surface area (Å²) in [5, 5.41) is 9.15. The van der Waals surface area contributed by atoms with Crippen LogP contribution in [0.5, 0.6) is 5.75 Å². The van der Waals surface area contributed by atoms with Gasteiger partial charge < -0.3 is 9.84 Å². The van der Waals surface area contributed by atoms with Gasteiger partial charge in [-0.1, -0.05) is 18.9 Å². The van der Waals surface area contributed by atoms with E-state index in [1.54, 1.807) is 0 Å². The summed E-state index contributed by atoms with van der Waals surface area (Å²) in [7, 11) is 0. The maximum atomic E-state index is 12.6. The molecule has 1 aromatic rings. The first-order chi connectivity index (χ1) is 9.88. The molecule has 1 aliphatic carbocycles. The Kier molecular flexibility index (Phi) is 4.75. The third kappa shape index (κ3) is 4.12. The van der Waals surface area contributed by atoms with Gasteiger partial charge >= 0.3 is 12.1 Å². The smallest absolute Gasteiger partial charge is 0.416 e. The maximum absolute atomic E-state index is 12.6. The first kappa shape index (κ1) is 15.7. The molecule has 116 valence electrons. The summed E-state index contributed by atoms with van der Waals surface area (Å²) in [6.45, 7) is 0.137. The summed E-state index contributed by atoms with van der Waals surface area (Å²) < 4.78 is 43.2. The molecule has 0 radical (unpaired) electrons. The maximum Gasteiger partial charge on any atom is 0.416 e. The lowest BCUT2D eigenvalue weighted by Crippen LogP contribution is -2.31. The lowest BCUT2D eigenvalue weighted by atomic mass is 9.80. The van der Waals surface area contributed by atoms with Crippen molar-refractivity contribution in [1.82, 2.24) is 0 Å². The van der Waals surface area contributed by atoms with Gasteiger partial charge in [0.15, 0.2) is 0 Å². The van der Waals surface area contributed by atoms with Gasteiger partial charge in [0, 0.05) is 5.92 Å². The van der Waals surface area contributed by atoms with Gasteiger partial charge in [0.2, 0.25) is 0 Å². The van der Waals surface area contributed by atoms with Gasteiger partial charge in [-0.15, -0.1) is 0 Å². The van der Waals surface area contributed by atoms with E-state index < -0.39 is 23.6 Å². The first-order valence-electron chi connectivity index (χ1n) is 6.91. The molecule has 6 heteroatoms. The number of aliphatic carboxylic acids is 1. The minimum atomic E-state index is -4.41. The van der Waals surface area contributed by atoms with Crippen molar-refractivity contribution in [2.75, 3.05) is 6.61 Å². The van der Waals surface area contributed by atoms with Crippen LogP contribution in [0, 0.1) is 11.8 Å². The van der Waals surface area contributed by atoms with E-state index in [0.29, 0.717) is 6.42 Å². The number of hydrogen-bond donors (Lipinski definition) is 1. The second-order valence-electron chi connectivity index (χ2n) is 5.33. The highest BCUT2D eigenvalue weighted by molar-refractivity contribution is 5.70. The molecule has 0 spiro atoms. The van der Waals surface area contributed by atoms with Crippen molar-refractivity contribution in [3.63, 3.8) is 0 Å². The number of carbonyl (C=O) groups is 1. The van der Waals surface area contributed by atoms with Crippen LogP contribution in [0.2, 0.25) is 0 Å². The Morgan fingerprint density at radius 3 is 2.67 bits per heavy atom. The fourth-order valence-electron chi connectivity index (χ4n) is 2.70. The number of hydrogen-bond acceptors (Lipinski definition) is 2. The minimum Gasteiger partial charge on any atom is -0.493 e. The fraction of sp³-hybridized carbons (Fsp3) is 0.533. The Labute approximate surface area is 120 Å². The van der Waals surface area contributed by atoms with Crippen LogP contribution >= 0.6 is 0 Å². The molecule has 2 rings (SSSR count). The van der Waals surface area contributed by atoms with Crippen molar-refractivity contribution in [2.24, 2.45) is 11.8 Å². The van der Waals surface area contributed by atoms with Crippen molar-refractivity contribution in [3.05, 3.63) is 29.8 Å². The molecular formula is C15H17F3O3. The van der Waals surface area contributed by atoms with Crippen molar-refractivity contribution in [1.29, 1.82) is 0 Å². The molecule has 3 nitrogen and oxygen atoms in total. The molecule has 1 aliphatic rings. The quantitative estimate of drug-likeness (QED) is 0.915. The normalized spacial score (nSPS) is 22.8. The van der Waals surface area contributed by atoms with E-state index >= 15 is 0 Å². The van der Waals surface area contributed by atoms with E-state index in [-0.39, 0.29) is 18.3 Å². The van der Waals surface area contributed by atoms with E-state index in [9.17, 15) is 18.0 Å². The molecular weight excluding hydrogens is 285 g/mol. The highest BCUT2D eigenvalue weighted by atomic mass is 19.4. The molecule has 0 unspecified atom stereocenters. The van der Waals surface area contributed by atoms with Crippen LogP contribution in [0.3, 0.4) is 0 Å². The van der Waals surface area contributed by atoms with Crippen LogP contribution < -0.4 is 4.74 Å². The average molecular weight is 302 g/mol. The second kappa shape index (κ2) is 6.37. The van der Waals surface area contributed by atoms with E-state index in [0.717, 1.165) is 31.4 Å². The second-order valence-corrected chi connectivity index (χ2v) is 5.33. The molecule has 0 heterocycles. The fourth-order valence-corrected chi connectivity index (χ4v) is 2.70. The molecule has 0 amide bonds. The average Bonchev–Trinajstić information content (AvgIpc) is 2.45. The third-order valence-corrected chi connectivity index (χ3v) is 3.85. The van der Waals surface area contributed by atoms with E-state index in [2.05, 4.69) is 0 Å². The predicted molar refractivity (Wildman–Crippen MR) is 70.0 cm³/mol. The Morgan fingerprint density at radius 2 is 2.00 bits per heavy atom. The summed E-state index contributed by atoms with van der Waals surface area (Å²) in [6, 6.07) is 4.66. The Bertz CT molecular complexity index is 499. The molecule has 1 N–H and O–H groups in total. The third-order valence-electron chi connectivity index (χ3n) is 3.85. The largest absolute Gasteiger partial charge is 0.493 e. The number of benzene rings is 1. The summed E-state index contributed by atoms with van der Waals surface area (Å²) in [6.07, 6.45) is -1.27. The number of rotatable bonds is 4. The van der Waals surface area contributed by atoms with E-state index in [1.165, 1.54) is 12.1 Å². The zero-order valence-corrected chi connectivity index (χ0v) is 11.4. The molecule has 1 aromatic carbocycles. The molecule has 0 aliphatic heterocycles. The van der Waals surface area contributed by atoms with Gasteiger partial charge in [0.1, 0.15) is 5.75 Å². The van der Waals surface area contributed by atoms with Crippen molar-refractivity contribution < 1.29 is 27.8 Å². The molecule has 2 atom stereocenters. The number of carboxylic acids is 1. The standard InChI is InChI=1S/C15H17F3O3/c16-15(17,18)11-5-3-6-12(8-11)21-9-10-4-1-2-7-13(10)14(19)20/h3,5-6,8,10,13H,1-2,4,7,9H2,(H,19,20)/t10-,13-/m0/s1. The monoisotopic (exact) mass is 302 g/mol. The van der Waals surface area contributed by atoms with Crippen molar-refractivity contribution in [3.8, 4) is 5.75 Å². The van der Waals surface area contributed by atoms with Gasteiger partial charge in [0.25, 0.3) is 0 Å². The highest BCUT2D eigenvalue weighted by Gasteiger charge is 2.32. The Balaban J connectivity index is 2.00. The number of halogens is 3. The van der Waals surface area contributed by atoms with Crippen LogP contribution in [0.1, 0.15) is 31.2 Å². The SMILES string of the molecule is O=C(O)[C@H]1CCCC[C@H]1COc1cccc(C(F)(F)F)c1. The highest BCUT2D eigenvalue weighted by Crippen LogP contribution is 2.33. The molecule has 1 saturated carbocycles. The van der Waals surface area contributed by atoms with Gasteiger partial charge in [-0.2, -0.15) is 13.2 Å². The lowest BCUT2D eigenvalue weighted by Gasteiger charge is -2.28. The molecule has 0 bridgehead atoms. The van der Waals surface area contributed by atoms with E-state index in [4.69, 9.17) is 9.84 Å². The molecule has 21 heavy (non-hydrogen) atoms. The van der Waals surface area contributed by atoms with Crippen molar-refractivity contribution >= 4 is 5.97 Å². The van der Waals surface area contributed by atoms with Crippen LogP contribution in [0.4, 0.5) is 13.2 Å². The van der Waals surface area contributed by atoms with Gasteiger partial charge in [-0.3, -0.25) is 4.79 Å².